The number of carbonyl (C=O) groups excluding carboxylic acids is 3. The van der Waals surface area contributed by atoms with Crippen LogP contribution in [0.2, 0.25) is 0 Å². The van der Waals surface area contributed by atoms with Gasteiger partial charge in [0, 0.05) is 48.1 Å². The summed E-state index contributed by atoms with van der Waals surface area (Å²) in [4.78, 5) is 43.3. The van der Waals surface area contributed by atoms with E-state index in [9.17, 15) is 19.5 Å². The number of ether oxygens (including phenoxy) is 1. The number of aromatic hydroxyl groups is 1. The number of nitrogens with one attached hydrogen (secondary N) is 2. The van der Waals surface area contributed by atoms with Gasteiger partial charge in [-0.25, -0.2) is 4.98 Å². The lowest BCUT2D eigenvalue weighted by molar-refractivity contribution is -0.122. The first-order valence-electron chi connectivity index (χ1n) is 14.4. The van der Waals surface area contributed by atoms with Crippen LogP contribution in [0.1, 0.15) is 50.8 Å². The highest BCUT2D eigenvalue weighted by Gasteiger charge is 2.18. The number of fused-ring (bicyclic) bond motifs is 1. The lowest BCUT2D eigenvalue weighted by atomic mass is 10.0. The van der Waals surface area contributed by atoms with E-state index in [1.807, 2.05) is 58.0 Å². The molecule has 3 N–H and O–H groups in total. The minimum Gasteiger partial charge on any atom is -0.507 e. The second kappa shape index (κ2) is 13.9. The van der Waals surface area contributed by atoms with Crippen molar-refractivity contribution in [2.45, 2.75) is 40.7 Å². The van der Waals surface area contributed by atoms with Crippen LogP contribution in [0.5, 0.6) is 11.5 Å². The highest BCUT2D eigenvalue weighted by molar-refractivity contribution is 5.99. The van der Waals surface area contributed by atoms with Crippen molar-refractivity contribution in [2.24, 2.45) is 0 Å². The number of anilines is 1. The molecule has 0 radical (unpaired) electrons. The predicted octanol–water partition coefficient (Wildman–Crippen LogP) is 5.16. The summed E-state index contributed by atoms with van der Waals surface area (Å²) in [5.41, 5.74) is 6.99. The van der Waals surface area contributed by atoms with Gasteiger partial charge in [0.1, 0.15) is 23.6 Å². The van der Waals surface area contributed by atoms with E-state index in [0.717, 1.165) is 33.5 Å². The van der Waals surface area contributed by atoms with Gasteiger partial charge in [-0.05, 0) is 85.9 Å². The second-order valence-electron chi connectivity index (χ2n) is 10.5. The van der Waals surface area contributed by atoms with Crippen molar-refractivity contribution in [2.75, 3.05) is 25.5 Å². The van der Waals surface area contributed by atoms with Gasteiger partial charge in [-0.15, -0.1) is 0 Å². The SMILES string of the molecule is CCc1c(C)nc2c(OCc3c(C)ccc(N(C)C(=O)CNC(=O)C=Cc4ccc(C(=O)NC)cc4)c3C)cccc2c1O. The second-order valence-corrected chi connectivity index (χ2v) is 10.5. The maximum absolute atomic E-state index is 13.0. The van der Waals surface area contributed by atoms with Crippen molar-refractivity contribution in [1.29, 1.82) is 0 Å². The van der Waals surface area contributed by atoms with E-state index >= 15 is 0 Å². The molecular weight excluding hydrogens is 556 g/mol. The highest BCUT2D eigenvalue weighted by Crippen LogP contribution is 2.35. The Kier molecular flexibility index (Phi) is 10.0. The molecule has 4 rings (SSSR count). The molecule has 0 aliphatic rings. The number of amides is 3. The quantitative estimate of drug-likeness (QED) is 0.218. The first-order chi connectivity index (χ1) is 21.0. The Bertz CT molecular complexity index is 1750. The first kappa shape index (κ1) is 31.7. The molecule has 1 aromatic heterocycles. The zero-order valence-corrected chi connectivity index (χ0v) is 25.9. The summed E-state index contributed by atoms with van der Waals surface area (Å²) in [5, 5.41) is 16.6. The molecule has 228 valence electrons. The maximum atomic E-state index is 13.0. The van der Waals surface area contributed by atoms with Gasteiger partial charge in [0.05, 0.1) is 6.54 Å². The molecule has 0 atom stereocenters. The van der Waals surface area contributed by atoms with Crippen LogP contribution >= 0.6 is 0 Å². The van der Waals surface area contributed by atoms with Crippen molar-refractivity contribution in [3.8, 4) is 11.5 Å². The highest BCUT2D eigenvalue weighted by atomic mass is 16.5. The number of hydrogen-bond donors (Lipinski definition) is 3. The third-order valence-electron chi connectivity index (χ3n) is 7.76. The Morgan fingerprint density at radius 3 is 2.41 bits per heavy atom. The average Bonchev–Trinajstić information content (AvgIpc) is 3.02. The average molecular weight is 595 g/mol. The summed E-state index contributed by atoms with van der Waals surface area (Å²) in [5.74, 6) is -0.0816. The third-order valence-corrected chi connectivity index (χ3v) is 7.76. The Morgan fingerprint density at radius 1 is 1.00 bits per heavy atom. The molecule has 0 unspecified atom stereocenters. The first-order valence-corrected chi connectivity index (χ1v) is 14.4. The maximum Gasteiger partial charge on any atom is 0.251 e. The standard InChI is InChI=1S/C35H38N4O5/c1-7-26-23(4)38-33-27(34(26)42)9-8-10-30(33)44-20-28-21(2)11-17-29(22(28)3)39(6)32(41)19-37-31(40)18-14-24-12-15-25(16-13-24)35(43)36-5/h8-18H,7,19-20H2,1-6H3,(H,36,43)(H,37,40)(H,38,42). The third kappa shape index (κ3) is 6.89. The van der Waals surface area contributed by atoms with E-state index < -0.39 is 5.91 Å². The van der Waals surface area contributed by atoms with Crippen molar-refractivity contribution in [3.05, 3.63) is 99.7 Å². The Labute approximate surface area is 257 Å². The minimum atomic E-state index is -0.409. The van der Waals surface area contributed by atoms with Gasteiger partial charge in [-0.2, -0.15) is 0 Å². The summed E-state index contributed by atoms with van der Waals surface area (Å²) >= 11 is 0. The van der Waals surface area contributed by atoms with Crippen LogP contribution in [0.4, 0.5) is 5.69 Å². The summed E-state index contributed by atoms with van der Waals surface area (Å²) in [6, 6.07) is 16.1. The van der Waals surface area contributed by atoms with Crippen molar-refractivity contribution >= 4 is 40.4 Å². The molecular formula is C35H38N4O5. The summed E-state index contributed by atoms with van der Waals surface area (Å²) in [7, 11) is 3.24. The smallest absolute Gasteiger partial charge is 0.251 e. The van der Waals surface area contributed by atoms with E-state index in [2.05, 4.69) is 10.6 Å². The van der Waals surface area contributed by atoms with E-state index in [1.165, 1.54) is 11.0 Å². The van der Waals surface area contributed by atoms with Gasteiger partial charge in [-0.3, -0.25) is 14.4 Å². The Balaban J connectivity index is 1.42. The van der Waals surface area contributed by atoms with Crippen LogP contribution in [-0.2, 0) is 22.6 Å². The molecule has 0 saturated carbocycles. The van der Waals surface area contributed by atoms with E-state index in [1.54, 1.807) is 44.4 Å². The molecule has 3 aromatic carbocycles. The zero-order valence-electron chi connectivity index (χ0n) is 25.9. The molecule has 0 aliphatic carbocycles. The topological polar surface area (TPSA) is 121 Å². The number of benzene rings is 3. The monoisotopic (exact) mass is 594 g/mol. The predicted molar refractivity (Wildman–Crippen MR) is 173 cm³/mol. The number of pyridine rings is 1. The largest absolute Gasteiger partial charge is 0.507 e. The Hall–Kier alpha value is -5.18. The number of likely N-dealkylation sites (N-methyl/N-ethyl adjacent to an activating group) is 1. The summed E-state index contributed by atoms with van der Waals surface area (Å²) in [6.45, 7) is 7.85. The molecule has 0 spiro atoms. The summed E-state index contributed by atoms with van der Waals surface area (Å²) in [6.07, 6.45) is 3.64. The van der Waals surface area contributed by atoms with Gasteiger partial charge < -0.3 is 25.4 Å². The van der Waals surface area contributed by atoms with Gasteiger partial charge in [0.2, 0.25) is 11.8 Å². The molecule has 0 saturated heterocycles. The number of para-hydroxylation sites is 1. The van der Waals surface area contributed by atoms with Crippen molar-refractivity contribution < 1.29 is 24.2 Å². The molecule has 0 fully saturated rings. The van der Waals surface area contributed by atoms with Crippen LogP contribution in [-0.4, -0.2) is 48.5 Å². The molecule has 9 heteroatoms. The Morgan fingerprint density at radius 2 is 1.73 bits per heavy atom. The number of carbonyl (C=O) groups is 3. The molecule has 0 bridgehead atoms. The number of aromatic nitrogens is 1. The molecule has 4 aromatic rings. The number of aryl methyl sites for hydroxylation is 2. The number of hydrogen-bond acceptors (Lipinski definition) is 6. The fourth-order valence-electron chi connectivity index (χ4n) is 5.09. The van der Waals surface area contributed by atoms with Crippen LogP contribution in [0.25, 0.3) is 17.0 Å². The normalized spacial score (nSPS) is 11.0. The van der Waals surface area contributed by atoms with E-state index in [0.29, 0.717) is 34.3 Å². The lowest BCUT2D eigenvalue weighted by Gasteiger charge is -2.23. The van der Waals surface area contributed by atoms with Gasteiger partial charge in [0.15, 0.2) is 0 Å². The minimum absolute atomic E-state index is 0.182. The van der Waals surface area contributed by atoms with Crippen LogP contribution < -0.4 is 20.3 Å². The molecule has 9 nitrogen and oxygen atoms in total. The lowest BCUT2D eigenvalue weighted by Crippen LogP contribution is -2.38. The molecule has 1 heterocycles. The van der Waals surface area contributed by atoms with Gasteiger partial charge in [0.25, 0.3) is 5.91 Å². The van der Waals surface area contributed by atoms with Crippen molar-refractivity contribution in [1.82, 2.24) is 15.6 Å². The van der Waals surface area contributed by atoms with Crippen LogP contribution in [0.15, 0.2) is 60.7 Å². The number of nitrogens with zero attached hydrogens (tertiary/aromatic N) is 2. The van der Waals surface area contributed by atoms with E-state index in [-0.39, 0.29) is 30.7 Å². The molecule has 0 aliphatic heterocycles. The van der Waals surface area contributed by atoms with Gasteiger partial charge >= 0.3 is 0 Å². The fourth-order valence-corrected chi connectivity index (χ4v) is 5.09. The van der Waals surface area contributed by atoms with Crippen LogP contribution in [0.3, 0.4) is 0 Å². The van der Waals surface area contributed by atoms with Crippen LogP contribution in [0, 0.1) is 20.8 Å². The fraction of sp³-hybridized carbons (Fsp3) is 0.257. The zero-order chi connectivity index (χ0) is 32.0. The summed E-state index contributed by atoms with van der Waals surface area (Å²) < 4.78 is 6.25. The van der Waals surface area contributed by atoms with Crippen molar-refractivity contribution in [3.63, 3.8) is 0 Å². The van der Waals surface area contributed by atoms with Gasteiger partial charge in [-0.1, -0.05) is 31.2 Å². The molecule has 3 amide bonds. The number of rotatable bonds is 10. The molecule has 44 heavy (non-hydrogen) atoms. The van der Waals surface area contributed by atoms with E-state index in [4.69, 9.17) is 9.72 Å².